The molecule has 3 aromatic rings. The Hall–Kier alpha value is -3.20. The highest BCUT2D eigenvalue weighted by molar-refractivity contribution is 5.89. The summed E-state index contributed by atoms with van der Waals surface area (Å²) >= 11 is 0. The summed E-state index contributed by atoms with van der Waals surface area (Å²) < 4.78 is 0. The third-order valence-electron chi connectivity index (χ3n) is 4.21. The van der Waals surface area contributed by atoms with Gasteiger partial charge in [0.2, 0.25) is 0 Å². The zero-order valence-electron chi connectivity index (χ0n) is 13.3. The van der Waals surface area contributed by atoms with E-state index >= 15 is 0 Å². The van der Waals surface area contributed by atoms with Gasteiger partial charge in [0, 0.05) is 13.2 Å². The van der Waals surface area contributed by atoms with Gasteiger partial charge in [-0.15, -0.1) is 0 Å². The fourth-order valence-electron chi connectivity index (χ4n) is 2.67. The lowest BCUT2D eigenvalue weighted by atomic mass is 10.1. The third kappa shape index (κ3) is 2.61. The van der Waals surface area contributed by atoms with E-state index in [4.69, 9.17) is 0 Å². The lowest BCUT2D eigenvalue weighted by Crippen LogP contribution is -2.12. The van der Waals surface area contributed by atoms with E-state index in [1.54, 1.807) is 12.5 Å². The maximum absolute atomic E-state index is 9.32. The number of nitrogens with one attached hydrogen (secondary N) is 1. The minimum absolute atomic E-state index is 0.548. The topological polar surface area (TPSA) is 81.5 Å². The number of pyridine rings is 1. The molecule has 0 aromatic carbocycles. The number of H-pyrrole nitrogens is 1. The zero-order valence-corrected chi connectivity index (χ0v) is 13.3. The van der Waals surface area contributed by atoms with E-state index in [-0.39, 0.29) is 0 Å². The molecule has 3 heterocycles. The second-order valence-corrected chi connectivity index (χ2v) is 5.93. The number of rotatable bonds is 4. The molecule has 1 saturated carbocycles. The fraction of sp³-hybridized carbons (Fsp3) is 0.222. The van der Waals surface area contributed by atoms with Gasteiger partial charge in [-0.05, 0) is 37.0 Å². The van der Waals surface area contributed by atoms with Crippen LogP contribution < -0.4 is 4.90 Å². The molecule has 118 valence electrons. The number of hydrogen-bond acceptors (Lipinski definition) is 5. The summed E-state index contributed by atoms with van der Waals surface area (Å²) in [5, 5.41) is 10.3. The second-order valence-electron chi connectivity index (χ2n) is 5.93. The number of aromatic nitrogens is 4. The maximum atomic E-state index is 9.32. The molecule has 24 heavy (non-hydrogen) atoms. The SMILES string of the molecule is CN(c1ccc(/C(C#N)=C\C2CC2)nc1)c1ncnc2[nH]ccc12. The van der Waals surface area contributed by atoms with Gasteiger partial charge in [-0.25, -0.2) is 9.97 Å². The molecule has 1 N–H and O–H groups in total. The molecule has 1 aliphatic rings. The lowest BCUT2D eigenvalue weighted by molar-refractivity contribution is 1.09. The highest BCUT2D eigenvalue weighted by atomic mass is 15.2. The average Bonchev–Trinajstić information content (AvgIpc) is 3.32. The van der Waals surface area contributed by atoms with Crippen LogP contribution in [0.3, 0.4) is 0 Å². The van der Waals surface area contributed by atoms with Crippen molar-refractivity contribution in [1.29, 1.82) is 5.26 Å². The van der Waals surface area contributed by atoms with Crippen LogP contribution >= 0.6 is 0 Å². The molecule has 1 fully saturated rings. The first-order valence-corrected chi connectivity index (χ1v) is 7.86. The summed E-state index contributed by atoms with van der Waals surface area (Å²) in [6, 6.07) is 8.05. The largest absolute Gasteiger partial charge is 0.346 e. The minimum atomic E-state index is 0.548. The Morgan fingerprint density at radius 2 is 2.17 bits per heavy atom. The van der Waals surface area contributed by atoms with Gasteiger partial charge in [-0.1, -0.05) is 6.08 Å². The van der Waals surface area contributed by atoms with Crippen LogP contribution in [-0.4, -0.2) is 27.0 Å². The van der Waals surface area contributed by atoms with Crippen LogP contribution in [0.15, 0.2) is 43.0 Å². The van der Waals surface area contributed by atoms with Crippen molar-refractivity contribution in [3.05, 3.63) is 48.7 Å². The van der Waals surface area contributed by atoms with Crippen molar-refractivity contribution in [3.8, 4) is 6.07 Å². The predicted octanol–water partition coefficient (Wildman–Crippen LogP) is 3.44. The van der Waals surface area contributed by atoms with Crippen molar-refractivity contribution in [2.45, 2.75) is 12.8 Å². The van der Waals surface area contributed by atoms with Crippen LogP contribution in [0.5, 0.6) is 0 Å². The Labute approximate surface area is 139 Å². The molecular formula is C18H16N6. The molecule has 0 radical (unpaired) electrons. The van der Waals surface area contributed by atoms with Crippen molar-refractivity contribution in [2.75, 3.05) is 11.9 Å². The maximum Gasteiger partial charge on any atom is 0.145 e. The monoisotopic (exact) mass is 316 g/mol. The van der Waals surface area contributed by atoms with Crippen LogP contribution in [0.4, 0.5) is 11.5 Å². The Bertz CT molecular complexity index is 944. The first-order chi connectivity index (χ1) is 11.8. The molecule has 0 atom stereocenters. The fourth-order valence-corrected chi connectivity index (χ4v) is 2.67. The summed E-state index contributed by atoms with van der Waals surface area (Å²) in [5.74, 6) is 1.36. The third-order valence-corrected chi connectivity index (χ3v) is 4.21. The molecule has 0 bridgehead atoms. The number of nitrogens with zero attached hydrogens (tertiary/aromatic N) is 5. The normalized spacial score (nSPS) is 14.6. The zero-order chi connectivity index (χ0) is 16.5. The van der Waals surface area contributed by atoms with Gasteiger partial charge in [-0.3, -0.25) is 4.98 Å². The first kappa shape index (κ1) is 14.4. The number of hydrogen-bond donors (Lipinski definition) is 1. The molecule has 4 rings (SSSR count). The van der Waals surface area contributed by atoms with Gasteiger partial charge < -0.3 is 9.88 Å². The van der Waals surface area contributed by atoms with Crippen LogP contribution in [0.1, 0.15) is 18.5 Å². The Kier molecular flexibility index (Phi) is 3.47. The molecule has 0 spiro atoms. The smallest absolute Gasteiger partial charge is 0.145 e. The van der Waals surface area contributed by atoms with Gasteiger partial charge >= 0.3 is 0 Å². The number of fused-ring (bicyclic) bond motifs is 1. The van der Waals surface area contributed by atoms with Crippen molar-refractivity contribution >= 4 is 28.1 Å². The molecule has 1 aliphatic carbocycles. The highest BCUT2D eigenvalue weighted by Crippen LogP contribution is 2.33. The summed E-state index contributed by atoms with van der Waals surface area (Å²) in [6.07, 6.45) is 9.53. The Balaban J connectivity index is 1.65. The number of aromatic amines is 1. The molecule has 0 amide bonds. The number of anilines is 2. The van der Waals surface area contributed by atoms with Gasteiger partial charge in [0.25, 0.3) is 0 Å². The van der Waals surface area contributed by atoms with Crippen molar-refractivity contribution in [2.24, 2.45) is 5.92 Å². The van der Waals surface area contributed by atoms with E-state index in [9.17, 15) is 5.26 Å². The number of nitriles is 1. The van der Waals surface area contributed by atoms with E-state index < -0.39 is 0 Å². The van der Waals surface area contributed by atoms with Crippen LogP contribution in [0, 0.1) is 17.2 Å². The molecule has 0 aliphatic heterocycles. The van der Waals surface area contributed by atoms with E-state index in [1.807, 2.05) is 42.4 Å². The van der Waals surface area contributed by atoms with Crippen LogP contribution in [0.25, 0.3) is 16.6 Å². The van der Waals surface area contributed by atoms with E-state index in [0.29, 0.717) is 11.5 Å². The van der Waals surface area contributed by atoms with Crippen molar-refractivity contribution in [1.82, 2.24) is 19.9 Å². The van der Waals surface area contributed by atoms with Crippen molar-refractivity contribution < 1.29 is 0 Å². The van der Waals surface area contributed by atoms with Crippen LogP contribution in [0.2, 0.25) is 0 Å². The molecule has 0 saturated heterocycles. The van der Waals surface area contributed by atoms with E-state index in [1.165, 1.54) is 12.8 Å². The molecule has 0 unspecified atom stereocenters. The standard InChI is InChI=1S/C18H16N6/c1-24(18-15-6-7-20-17(15)22-11-23-18)14-4-5-16(21-10-14)13(9-19)8-12-2-3-12/h4-8,10-12H,2-3H2,1H3,(H,20,22,23)/b13-8-. The molecule has 3 aromatic heterocycles. The minimum Gasteiger partial charge on any atom is -0.346 e. The van der Waals surface area contributed by atoms with Crippen LogP contribution in [-0.2, 0) is 0 Å². The summed E-state index contributed by atoms with van der Waals surface area (Å²) in [6.45, 7) is 0. The lowest BCUT2D eigenvalue weighted by Gasteiger charge is -2.18. The first-order valence-electron chi connectivity index (χ1n) is 7.86. The highest BCUT2D eigenvalue weighted by Gasteiger charge is 2.20. The Morgan fingerprint density at radius 1 is 1.29 bits per heavy atom. The summed E-state index contributed by atoms with van der Waals surface area (Å²) in [5.41, 5.74) is 3.08. The summed E-state index contributed by atoms with van der Waals surface area (Å²) in [7, 11) is 1.94. The van der Waals surface area contributed by atoms with Gasteiger partial charge in [0.05, 0.1) is 28.5 Å². The van der Waals surface area contributed by atoms with Crippen molar-refractivity contribution in [3.63, 3.8) is 0 Å². The quantitative estimate of drug-likeness (QED) is 0.746. The Morgan fingerprint density at radius 3 is 2.88 bits per heavy atom. The van der Waals surface area contributed by atoms with E-state index in [2.05, 4.69) is 26.0 Å². The predicted molar refractivity (Wildman–Crippen MR) is 92.5 cm³/mol. The van der Waals surface area contributed by atoms with Gasteiger partial charge in [0.15, 0.2) is 0 Å². The second kappa shape index (κ2) is 5.78. The average molecular weight is 316 g/mol. The molecule has 6 heteroatoms. The molecule has 6 nitrogen and oxygen atoms in total. The van der Waals surface area contributed by atoms with Gasteiger partial charge in [0.1, 0.15) is 23.9 Å². The van der Waals surface area contributed by atoms with E-state index in [0.717, 1.165) is 28.2 Å². The summed E-state index contributed by atoms with van der Waals surface area (Å²) in [4.78, 5) is 18.1. The molecular weight excluding hydrogens is 300 g/mol. The number of allylic oxidation sites excluding steroid dienone is 2. The van der Waals surface area contributed by atoms with Gasteiger partial charge in [-0.2, -0.15) is 5.26 Å².